The summed E-state index contributed by atoms with van der Waals surface area (Å²) in [7, 11) is 3.26. The summed E-state index contributed by atoms with van der Waals surface area (Å²) in [5.74, 6) is -0.148. The molecule has 3 rings (SSSR count). The summed E-state index contributed by atoms with van der Waals surface area (Å²) in [5, 5.41) is 1.19. The number of benzene rings is 1. The van der Waals surface area contributed by atoms with E-state index < -0.39 is 5.60 Å². The lowest BCUT2D eigenvalue weighted by molar-refractivity contribution is -0.144. The number of para-hydroxylation sites is 1. The van der Waals surface area contributed by atoms with Crippen LogP contribution in [0, 0.1) is 0 Å². The van der Waals surface area contributed by atoms with E-state index >= 15 is 0 Å². The van der Waals surface area contributed by atoms with Crippen LogP contribution in [0.2, 0.25) is 0 Å². The molecule has 1 amide bonds. The fourth-order valence-corrected chi connectivity index (χ4v) is 4.21. The molecule has 0 aliphatic carbocycles. The second-order valence-corrected chi connectivity index (χ2v) is 7.86. The molecule has 1 atom stereocenters. The number of rotatable bonds is 9. The highest BCUT2D eigenvalue weighted by atomic mass is 16.5. The van der Waals surface area contributed by atoms with Crippen molar-refractivity contribution in [2.75, 3.05) is 27.3 Å². The van der Waals surface area contributed by atoms with Crippen LogP contribution in [0.15, 0.2) is 24.3 Å². The van der Waals surface area contributed by atoms with E-state index in [4.69, 9.17) is 9.47 Å². The number of H-pyrrole nitrogens is 1. The lowest BCUT2D eigenvalue weighted by Crippen LogP contribution is -2.38. The SMILES string of the molecule is CCCCN(C)C(=O)CCC1(CCC(=O)OC)OCCc2c1[nH]c1ccccc21. The molecule has 6 heteroatoms. The number of esters is 1. The van der Waals surface area contributed by atoms with E-state index in [9.17, 15) is 9.59 Å². The fraction of sp³-hybridized carbons (Fsp3) is 0.565. The maximum Gasteiger partial charge on any atom is 0.305 e. The molecule has 0 saturated heterocycles. The van der Waals surface area contributed by atoms with Gasteiger partial charge >= 0.3 is 5.97 Å². The van der Waals surface area contributed by atoms with Crippen molar-refractivity contribution in [3.63, 3.8) is 0 Å². The Morgan fingerprint density at radius 2 is 2.00 bits per heavy atom. The Bertz CT molecular complexity index is 860. The predicted molar refractivity (Wildman–Crippen MR) is 113 cm³/mol. The van der Waals surface area contributed by atoms with Gasteiger partial charge in [0.2, 0.25) is 5.91 Å². The summed E-state index contributed by atoms with van der Waals surface area (Å²) in [5.41, 5.74) is 2.64. The first-order chi connectivity index (χ1) is 14.0. The van der Waals surface area contributed by atoms with Gasteiger partial charge in [0.25, 0.3) is 0 Å². The maximum atomic E-state index is 12.7. The summed E-state index contributed by atoms with van der Waals surface area (Å²) in [4.78, 5) is 29.9. The highest BCUT2D eigenvalue weighted by Gasteiger charge is 2.41. The highest BCUT2D eigenvalue weighted by molar-refractivity contribution is 5.85. The van der Waals surface area contributed by atoms with Crippen molar-refractivity contribution in [2.24, 2.45) is 0 Å². The van der Waals surface area contributed by atoms with Crippen molar-refractivity contribution in [2.45, 2.75) is 57.5 Å². The predicted octanol–water partition coefficient (Wildman–Crippen LogP) is 3.93. The van der Waals surface area contributed by atoms with Gasteiger partial charge in [-0.15, -0.1) is 0 Å². The third-order valence-corrected chi connectivity index (χ3v) is 5.98. The highest BCUT2D eigenvalue weighted by Crippen LogP contribution is 2.43. The summed E-state index contributed by atoms with van der Waals surface area (Å²) < 4.78 is 11.2. The molecule has 2 heterocycles. The number of carbonyl (C=O) groups is 2. The lowest BCUT2D eigenvalue weighted by atomic mass is 9.83. The first kappa shape index (κ1) is 21.4. The Morgan fingerprint density at radius 1 is 1.24 bits per heavy atom. The summed E-state index contributed by atoms with van der Waals surface area (Å²) in [6.07, 6.45) is 4.55. The number of fused-ring (bicyclic) bond motifs is 3. The third kappa shape index (κ3) is 4.64. The summed E-state index contributed by atoms with van der Waals surface area (Å²) in [6.45, 7) is 3.46. The van der Waals surface area contributed by atoms with E-state index in [2.05, 4.69) is 24.0 Å². The Kier molecular flexibility index (Phi) is 6.96. The first-order valence-electron chi connectivity index (χ1n) is 10.6. The summed E-state index contributed by atoms with van der Waals surface area (Å²) in [6, 6.07) is 8.22. The molecule has 0 radical (unpaired) electrons. The number of nitrogens with zero attached hydrogens (tertiary/aromatic N) is 1. The number of nitrogens with one attached hydrogen (secondary N) is 1. The van der Waals surface area contributed by atoms with Crippen LogP contribution in [-0.4, -0.2) is 49.1 Å². The molecule has 29 heavy (non-hydrogen) atoms. The van der Waals surface area contributed by atoms with Crippen molar-refractivity contribution in [3.8, 4) is 0 Å². The zero-order valence-electron chi connectivity index (χ0n) is 17.8. The topological polar surface area (TPSA) is 71.6 Å². The van der Waals surface area contributed by atoms with E-state index in [-0.39, 0.29) is 18.3 Å². The van der Waals surface area contributed by atoms with E-state index in [0.717, 1.165) is 37.0 Å². The first-order valence-corrected chi connectivity index (χ1v) is 10.6. The van der Waals surface area contributed by atoms with Gasteiger partial charge in [-0.3, -0.25) is 9.59 Å². The van der Waals surface area contributed by atoms with Gasteiger partial charge in [0.1, 0.15) is 5.60 Å². The number of methoxy groups -OCH3 is 1. The van der Waals surface area contributed by atoms with Crippen molar-refractivity contribution in [3.05, 3.63) is 35.5 Å². The van der Waals surface area contributed by atoms with Crippen molar-refractivity contribution < 1.29 is 19.1 Å². The minimum Gasteiger partial charge on any atom is -0.469 e. The number of amides is 1. The number of carbonyl (C=O) groups excluding carboxylic acids is 2. The lowest BCUT2D eigenvalue weighted by Gasteiger charge is -2.38. The van der Waals surface area contributed by atoms with Crippen molar-refractivity contribution >= 4 is 22.8 Å². The van der Waals surface area contributed by atoms with Crippen LogP contribution in [0.5, 0.6) is 0 Å². The Balaban J connectivity index is 1.87. The molecule has 158 valence electrons. The number of hydrogen-bond donors (Lipinski definition) is 1. The number of aromatic nitrogens is 1. The van der Waals surface area contributed by atoms with Gasteiger partial charge in [-0.25, -0.2) is 0 Å². The van der Waals surface area contributed by atoms with E-state index in [1.54, 1.807) is 4.90 Å². The number of unbranched alkanes of at least 4 members (excludes halogenated alkanes) is 1. The Morgan fingerprint density at radius 3 is 2.76 bits per heavy atom. The average molecular weight is 401 g/mol. The zero-order valence-corrected chi connectivity index (χ0v) is 17.8. The molecule has 0 fully saturated rings. The Labute approximate surface area is 172 Å². The molecular weight excluding hydrogens is 368 g/mol. The van der Waals surface area contributed by atoms with E-state index in [1.165, 1.54) is 18.1 Å². The normalized spacial score (nSPS) is 18.4. The fourth-order valence-electron chi connectivity index (χ4n) is 4.21. The monoisotopic (exact) mass is 400 g/mol. The van der Waals surface area contributed by atoms with Gasteiger partial charge in [-0.2, -0.15) is 0 Å². The van der Waals surface area contributed by atoms with Crippen LogP contribution in [-0.2, 0) is 31.1 Å². The minimum absolute atomic E-state index is 0.114. The molecule has 1 aliphatic heterocycles. The van der Waals surface area contributed by atoms with Gasteiger partial charge in [0.15, 0.2) is 0 Å². The molecule has 0 spiro atoms. The molecule has 0 saturated carbocycles. The molecule has 1 N–H and O–H groups in total. The number of ether oxygens (including phenoxy) is 2. The molecule has 1 unspecified atom stereocenters. The van der Waals surface area contributed by atoms with Crippen LogP contribution in [0.25, 0.3) is 10.9 Å². The van der Waals surface area contributed by atoms with Crippen LogP contribution in [0.4, 0.5) is 0 Å². The minimum atomic E-state index is -0.679. The standard InChI is InChI=1S/C23H32N2O4/c1-4-5-15-25(2)20(26)10-13-23(14-11-21(27)28-3)22-18(12-16-29-23)17-8-6-7-9-19(17)24-22/h6-9,24H,4-5,10-16H2,1-3H3. The third-order valence-electron chi connectivity index (χ3n) is 5.98. The quantitative estimate of drug-likeness (QED) is 0.648. The maximum absolute atomic E-state index is 12.7. The summed E-state index contributed by atoms with van der Waals surface area (Å²) >= 11 is 0. The molecule has 2 aromatic rings. The van der Waals surface area contributed by atoms with Crippen LogP contribution >= 0.6 is 0 Å². The average Bonchev–Trinajstić information content (AvgIpc) is 3.14. The van der Waals surface area contributed by atoms with Crippen molar-refractivity contribution in [1.29, 1.82) is 0 Å². The zero-order chi connectivity index (χ0) is 20.9. The van der Waals surface area contributed by atoms with E-state index in [0.29, 0.717) is 25.9 Å². The molecule has 0 bridgehead atoms. The molecule has 1 aromatic carbocycles. The van der Waals surface area contributed by atoms with Crippen LogP contribution < -0.4 is 0 Å². The van der Waals surface area contributed by atoms with Gasteiger partial charge in [-0.1, -0.05) is 31.5 Å². The number of aromatic amines is 1. The Hall–Kier alpha value is -2.34. The van der Waals surface area contributed by atoms with E-state index in [1.807, 2.05) is 19.2 Å². The largest absolute Gasteiger partial charge is 0.469 e. The van der Waals surface area contributed by atoms with Gasteiger partial charge in [0, 0.05) is 37.3 Å². The smallest absolute Gasteiger partial charge is 0.305 e. The molecule has 1 aromatic heterocycles. The second kappa shape index (κ2) is 9.44. The molecule has 1 aliphatic rings. The van der Waals surface area contributed by atoms with Gasteiger partial charge < -0.3 is 19.4 Å². The van der Waals surface area contributed by atoms with Crippen LogP contribution in [0.3, 0.4) is 0 Å². The van der Waals surface area contributed by atoms with Crippen LogP contribution in [0.1, 0.15) is 56.7 Å². The van der Waals surface area contributed by atoms with Gasteiger partial charge in [-0.05, 0) is 37.3 Å². The number of hydrogen-bond acceptors (Lipinski definition) is 4. The molecule has 6 nitrogen and oxygen atoms in total. The van der Waals surface area contributed by atoms with Crippen molar-refractivity contribution in [1.82, 2.24) is 9.88 Å². The van der Waals surface area contributed by atoms with Gasteiger partial charge in [0.05, 0.1) is 19.4 Å². The molecular formula is C23H32N2O4. The second-order valence-electron chi connectivity index (χ2n) is 7.86.